The average molecular weight is 1370 g/mol. The van der Waals surface area contributed by atoms with Crippen LogP contribution in [0.4, 0.5) is 0 Å². The van der Waals surface area contributed by atoms with Gasteiger partial charge in [0.15, 0.2) is 11.6 Å². The van der Waals surface area contributed by atoms with Gasteiger partial charge in [0, 0.05) is 44.5 Å². The fraction of sp³-hybridized carbons (Fsp3) is 0.0600. The molecule has 16 aromatic rings. The summed E-state index contributed by atoms with van der Waals surface area (Å²) in [7, 11) is 0. The Labute approximate surface area is 623 Å². The lowest BCUT2D eigenvalue weighted by molar-refractivity contribution is 0.710. The molecule has 1 aliphatic rings. The standard InChI is InChI=1S/2C29H22N2.C24H19N.C18H17N/c1-21-10-8-9-15-26(21)28-20-27(30-29(31-28)25-13-6-3-7-14-25)24-18-16-23(17-19-24)22-11-4-2-5-12-22;1-21-10-8-9-15-26(21)28-20-27(24-13-6-3-7-14-24)30-29(31-28)25-18-16-23(17-19-25)22-11-4-2-5-12-22;1-18-9-8-14-21(15-18)22-16-23(19-10-4-2-5-11-19)25-24(17-22)20-12-6-3-7-13-20;1-14-12-17(15-8-4-2-5-9-15)19-18(13-14)16-10-6-3-7-11-16/h2*2-20H,1H3;2-17H,1H3;2-12,18H,13H2,1H3. The van der Waals surface area contributed by atoms with E-state index in [1.165, 1.54) is 66.8 Å². The van der Waals surface area contributed by atoms with Crippen molar-refractivity contribution in [2.24, 2.45) is 4.99 Å². The van der Waals surface area contributed by atoms with Crippen LogP contribution in [0, 0.1) is 20.8 Å². The second-order valence-corrected chi connectivity index (χ2v) is 26.4. The van der Waals surface area contributed by atoms with E-state index in [2.05, 4.69) is 355 Å². The van der Waals surface area contributed by atoms with Gasteiger partial charge in [-0.3, -0.25) is 4.99 Å². The van der Waals surface area contributed by atoms with Gasteiger partial charge in [0.1, 0.15) is 0 Å². The van der Waals surface area contributed by atoms with Crippen LogP contribution in [0.25, 0.3) is 124 Å². The third kappa shape index (κ3) is 17.7. The molecule has 0 N–H and O–H groups in total. The minimum Gasteiger partial charge on any atom is -0.276 e. The molecule has 0 aliphatic carbocycles. The number of hydrogen-bond donors (Lipinski definition) is 0. The number of rotatable bonds is 13. The van der Waals surface area contributed by atoms with Crippen LogP contribution in [0.15, 0.2) is 405 Å². The van der Waals surface area contributed by atoms with Crippen LogP contribution in [-0.2, 0) is 0 Å². The van der Waals surface area contributed by atoms with Crippen molar-refractivity contribution in [2.45, 2.75) is 40.2 Å². The highest BCUT2D eigenvalue weighted by Gasteiger charge is 2.19. The summed E-state index contributed by atoms with van der Waals surface area (Å²) in [5.41, 5.74) is 30.3. The van der Waals surface area contributed by atoms with Gasteiger partial charge < -0.3 is 0 Å². The highest BCUT2D eigenvalue weighted by Crippen LogP contribution is 2.36. The second kappa shape index (κ2) is 34.0. The summed E-state index contributed by atoms with van der Waals surface area (Å²) < 4.78 is 0. The first-order valence-corrected chi connectivity index (χ1v) is 36.1. The van der Waals surface area contributed by atoms with E-state index in [1.54, 1.807) is 0 Å². The molecule has 106 heavy (non-hydrogen) atoms. The fourth-order valence-electron chi connectivity index (χ4n) is 13.1. The molecule has 6 heteroatoms. The lowest BCUT2D eigenvalue weighted by atomic mass is 9.94. The fourth-order valence-corrected chi connectivity index (χ4v) is 13.1. The molecule has 1 unspecified atom stereocenters. The predicted octanol–water partition coefficient (Wildman–Crippen LogP) is 25.9. The van der Waals surface area contributed by atoms with Gasteiger partial charge in [-0.25, -0.2) is 24.9 Å². The SMILES string of the molecule is CC1=CC(c2ccccc2)=NC(c2ccccc2)C1.Cc1cccc(-c2cc(-c3ccccc3)nc(-c3ccccc3)c2)c1.Cc1ccccc1-c1cc(-c2ccc(-c3ccccc3)cc2)nc(-c2ccccc2)n1.Cc1ccccc1-c1cc(-c2ccccc2)nc(-c2ccc(-c3ccccc3)cc2)n1. The topological polar surface area (TPSA) is 76.8 Å². The lowest BCUT2D eigenvalue weighted by Gasteiger charge is -2.20. The van der Waals surface area contributed by atoms with Gasteiger partial charge in [0.05, 0.1) is 45.9 Å². The molecule has 3 aromatic heterocycles. The van der Waals surface area contributed by atoms with E-state index in [4.69, 9.17) is 29.9 Å². The smallest absolute Gasteiger partial charge is 0.160 e. The van der Waals surface area contributed by atoms with Crippen molar-refractivity contribution < 1.29 is 0 Å². The zero-order valence-electron chi connectivity index (χ0n) is 60.0. The van der Waals surface area contributed by atoms with E-state index in [9.17, 15) is 0 Å². The summed E-state index contributed by atoms with van der Waals surface area (Å²) in [4.78, 5) is 29.5. The number of nitrogens with zero attached hydrogens (tertiary/aromatic N) is 6. The zero-order valence-corrected chi connectivity index (χ0v) is 60.0. The van der Waals surface area contributed by atoms with E-state index in [0.717, 1.165) is 102 Å². The first-order chi connectivity index (χ1) is 52.2. The van der Waals surface area contributed by atoms with Crippen LogP contribution in [0.5, 0.6) is 0 Å². The van der Waals surface area contributed by atoms with Crippen molar-refractivity contribution in [3.05, 3.63) is 428 Å². The molecule has 510 valence electrons. The summed E-state index contributed by atoms with van der Waals surface area (Å²) >= 11 is 0. The normalized spacial score (nSPS) is 12.1. The summed E-state index contributed by atoms with van der Waals surface area (Å²) in [6, 6.07) is 134. The summed E-state index contributed by atoms with van der Waals surface area (Å²) in [5, 5.41) is 0. The predicted molar refractivity (Wildman–Crippen MR) is 443 cm³/mol. The van der Waals surface area contributed by atoms with Crippen LogP contribution in [0.2, 0.25) is 0 Å². The Kier molecular flexibility index (Phi) is 22.4. The molecule has 0 saturated carbocycles. The van der Waals surface area contributed by atoms with Crippen molar-refractivity contribution in [3.8, 4) is 124 Å². The molecular weight excluding hydrogens is 1290 g/mol. The number of benzene rings is 13. The Morgan fingerprint density at radius 1 is 0.226 bits per heavy atom. The summed E-state index contributed by atoms with van der Waals surface area (Å²) in [6.45, 7) is 8.55. The van der Waals surface area contributed by atoms with Crippen LogP contribution in [-0.4, -0.2) is 30.6 Å². The van der Waals surface area contributed by atoms with Crippen molar-refractivity contribution in [1.29, 1.82) is 0 Å². The number of aliphatic imine (C=N–C) groups is 1. The summed E-state index contributed by atoms with van der Waals surface area (Å²) in [5.74, 6) is 1.47. The molecule has 0 amide bonds. The maximum atomic E-state index is 4.95. The third-order valence-electron chi connectivity index (χ3n) is 18.7. The van der Waals surface area contributed by atoms with E-state index in [1.807, 2.05) is 66.7 Å². The maximum Gasteiger partial charge on any atom is 0.160 e. The molecule has 1 atom stereocenters. The molecule has 13 aromatic carbocycles. The number of hydrogen-bond acceptors (Lipinski definition) is 6. The molecule has 6 nitrogen and oxygen atoms in total. The Hall–Kier alpha value is -13.4. The molecular formula is C100H80N6. The van der Waals surface area contributed by atoms with Gasteiger partial charge in [0.2, 0.25) is 0 Å². The number of dihydropyridines is 1. The lowest BCUT2D eigenvalue weighted by Crippen LogP contribution is -2.09. The van der Waals surface area contributed by atoms with Crippen molar-refractivity contribution in [2.75, 3.05) is 0 Å². The van der Waals surface area contributed by atoms with Gasteiger partial charge in [0.25, 0.3) is 0 Å². The van der Waals surface area contributed by atoms with Crippen molar-refractivity contribution in [3.63, 3.8) is 0 Å². The van der Waals surface area contributed by atoms with Crippen LogP contribution < -0.4 is 0 Å². The molecule has 0 radical (unpaired) electrons. The molecule has 17 rings (SSSR count). The molecule has 1 aliphatic heterocycles. The molecule has 0 bridgehead atoms. The van der Waals surface area contributed by atoms with Gasteiger partial charge in [-0.2, -0.15) is 0 Å². The Morgan fingerprint density at radius 2 is 0.538 bits per heavy atom. The maximum absolute atomic E-state index is 4.95. The van der Waals surface area contributed by atoms with E-state index >= 15 is 0 Å². The first kappa shape index (κ1) is 69.7. The second-order valence-electron chi connectivity index (χ2n) is 26.4. The molecule has 4 heterocycles. The van der Waals surface area contributed by atoms with E-state index < -0.39 is 0 Å². The molecule has 0 fully saturated rings. The van der Waals surface area contributed by atoms with Gasteiger partial charge >= 0.3 is 0 Å². The Morgan fingerprint density at radius 3 is 0.962 bits per heavy atom. The highest BCUT2D eigenvalue weighted by atomic mass is 14.9. The van der Waals surface area contributed by atoms with Crippen LogP contribution in [0.3, 0.4) is 0 Å². The number of pyridine rings is 1. The number of allylic oxidation sites excluding steroid dienone is 1. The molecule has 0 spiro atoms. The monoisotopic (exact) mass is 1360 g/mol. The first-order valence-electron chi connectivity index (χ1n) is 36.1. The van der Waals surface area contributed by atoms with Crippen molar-refractivity contribution in [1.82, 2.24) is 24.9 Å². The minimum absolute atomic E-state index is 0.251. The minimum atomic E-state index is 0.251. The van der Waals surface area contributed by atoms with E-state index in [-0.39, 0.29) is 6.04 Å². The van der Waals surface area contributed by atoms with Gasteiger partial charge in [-0.1, -0.05) is 375 Å². The average Bonchev–Trinajstić information content (AvgIpc) is 0.600. The number of aryl methyl sites for hydroxylation is 3. The number of aromatic nitrogens is 5. The van der Waals surface area contributed by atoms with Gasteiger partial charge in [-0.15, -0.1) is 0 Å². The van der Waals surface area contributed by atoms with Crippen LogP contribution >= 0.6 is 0 Å². The third-order valence-corrected chi connectivity index (χ3v) is 18.7. The summed E-state index contributed by atoms with van der Waals surface area (Å²) in [6.07, 6.45) is 3.22. The Balaban J connectivity index is 0.000000121. The van der Waals surface area contributed by atoms with Crippen molar-refractivity contribution >= 4 is 5.71 Å². The van der Waals surface area contributed by atoms with Crippen LogP contribution in [0.1, 0.15) is 47.2 Å². The highest BCUT2D eigenvalue weighted by molar-refractivity contribution is 6.09. The molecule has 0 saturated heterocycles. The van der Waals surface area contributed by atoms with Gasteiger partial charge in [-0.05, 0) is 120 Å². The van der Waals surface area contributed by atoms with E-state index in [0.29, 0.717) is 0 Å². The zero-order chi connectivity index (χ0) is 72.2. The Bertz CT molecular complexity index is 5330. The largest absolute Gasteiger partial charge is 0.276 e. The quantitative estimate of drug-likeness (QED) is 0.115.